The van der Waals surface area contributed by atoms with Crippen LogP contribution < -0.4 is 20.5 Å². The minimum atomic E-state index is -0.389. The third-order valence-electron chi connectivity index (χ3n) is 5.18. The molecule has 160 valence electrons. The van der Waals surface area contributed by atoms with Gasteiger partial charge in [0, 0.05) is 44.8 Å². The van der Waals surface area contributed by atoms with Crippen molar-refractivity contribution in [2.75, 3.05) is 44.2 Å². The predicted molar refractivity (Wildman–Crippen MR) is 117 cm³/mol. The second kappa shape index (κ2) is 10.6. The van der Waals surface area contributed by atoms with E-state index in [0.717, 1.165) is 37.3 Å². The fraction of sp³-hybridized carbons (Fsp3) is 0.391. The first kappa shape index (κ1) is 21.6. The summed E-state index contributed by atoms with van der Waals surface area (Å²) in [6.45, 7) is 8.17. The number of hydrogen-bond acceptors (Lipinski definition) is 5. The first-order valence-corrected chi connectivity index (χ1v) is 10.3. The van der Waals surface area contributed by atoms with Crippen LogP contribution in [0.25, 0.3) is 0 Å². The van der Waals surface area contributed by atoms with Crippen molar-refractivity contribution in [2.45, 2.75) is 20.3 Å². The predicted octanol–water partition coefficient (Wildman–Crippen LogP) is 2.04. The van der Waals surface area contributed by atoms with Crippen molar-refractivity contribution in [3.63, 3.8) is 0 Å². The Hall–Kier alpha value is -3.06. The number of anilines is 1. The van der Waals surface area contributed by atoms with Crippen molar-refractivity contribution in [1.82, 2.24) is 15.8 Å². The van der Waals surface area contributed by atoms with Crippen LogP contribution >= 0.6 is 0 Å². The monoisotopic (exact) mass is 410 g/mol. The fourth-order valence-corrected chi connectivity index (χ4v) is 3.47. The Bertz CT molecular complexity index is 849. The van der Waals surface area contributed by atoms with Crippen molar-refractivity contribution >= 4 is 17.5 Å². The van der Waals surface area contributed by atoms with Crippen LogP contribution in [0.4, 0.5) is 5.69 Å². The molecule has 3 rings (SSSR count). The number of benzene rings is 2. The van der Waals surface area contributed by atoms with Crippen molar-refractivity contribution in [3.8, 4) is 5.75 Å². The van der Waals surface area contributed by atoms with Gasteiger partial charge in [-0.2, -0.15) is 0 Å². The summed E-state index contributed by atoms with van der Waals surface area (Å²) < 4.78 is 5.51. The van der Waals surface area contributed by atoms with Crippen LogP contribution in [-0.4, -0.2) is 56.0 Å². The molecule has 7 heteroatoms. The topological polar surface area (TPSA) is 73.9 Å². The second-order valence-electron chi connectivity index (χ2n) is 7.57. The summed E-state index contributed by atoms with van der Waals surface area (Å²) in [6.07, 6.45) is 0.337. The first-order chi connectivity index (χ1) is 14.5. The molecule has 1 aliphatic rings. The van der Waals surface area contributed by atoms with E-state index in [1.165, 1.54) is 5.69 Å². The van der Waals surface area contributed by atoms with Gasteiger partial charge in [-0.15, -0.1) is 0 Å². The van der Waals surface area contributed by atoms with E-state index in [9.17, 15) is 9.59 Å². The van der Waals surface area contributed by atoms with Crippen molar-refractivity contribution < 1.29 is 14.3 Å². The van der Waals surface area contributed by atoms with Gasteiger partial charge in [0.1, 0.15) is 5.75 Å². The molecule has 1 saturated heterocycles. The lowest BCUT2D eigenvalue weighted by atomic mass is 10.1. The van der Waals surface area contributed by atoms with E-state index in [2.05, 4.69) is 32.8 Å². The van der Waals surface area contributed by atoms with Crippen LogP contribution in [0.1, 0.15) is 17.5 Å². The Morgan fingerprint density at radius 2 is 1.63 bits per heavy atom. The van der Waals surface area contributed by atoms with Crippen molar-refractivity contribution in [2.24, 2.45) is 0 Å². The van der Waals surface area contributed by atoms with Gasteiger partial charge < -0.3 is 9.64 Å². The number of ether oxygens (including phenoxy) is 1. The first-order valence-electron chi connectivity index (χ1n) is 10.3. The second-order valence-corrected chi connectivity index (χ2v) is 7.57. The smallest absolute Gasteiger partial charge is 0.276 e. The minimum Gasteiger partial charge on any atom is -0.483 e. The number of nitrogens with one attached hydrogen (secondary N) is 2. The van der Waals surface area contributed by atoms with Gasteiger partial charge in [0.25, 0.3) is 5.91 Å². The molecule has 0 spiro atoms. The van der Waals surface area contributed by atoms with E-state index >= 15 is 0 Å². The number of carbonyl (C=O) groups excluding carboxylic acids is 2. The number of carbonyl (C=O) groups is 2. The lowest BCUT2D eigenvalue weighted by molar-refractivity contribution is -0.130. The lowest BCUT2D eigenvalue weighted by Crippen LogP contribution is -2.48. The maximum absolute atomic E-state index is 12.0. The largest absolute Gasteiger partial charge is 0.483 e. The van der Waals surface area contributed by atoms with E-state index < -0.39 is 0 Å². The highest BCUT2D eigenvalue weighted by Gasteiger charge is 2.17. The molecule has 30 heavy (non-hydrogen) atoms. The van der Waals surface area contributed by atoms with Gasteiger partial charge in [0.05, 0.1) is 0 Å². The highest BCUT2D eigenvalue weighted by molar-refractivity contribution is 5.82. The zero-order valence-electron chi connectivity index (χ0n) is 17.7. The number of hydrogen-bond donors (Lipinski definition) is 2. The summed E-state index contributed by atoms with van der Waals surface area (Å²) >= 11 is 0. The average molecular weight is 411 g/mol. The molecule has 0 atom stereocenters. The Labute approximate surface area is 178 Å². The van der Waals surface area contributed by atoms with Crippen LogP contribution in [0.5, 0.6) is 5.75 Å². The van der Waals surface area contributed by atoms with Crippen LogP contribution in [0, 0.1) is 13.8 Å². The lowest BCUT2D eigenvalue weighted by Gasteiger charge is -2.36. The van der Waals surface area contributed by atoms with Gasteiger partial charge in [0.15, 0.2) is 6.61 Å². The normalized spacial score (nSPS) is 14.3. The molecule has 0 bridgehead atoms. The summed E-state index contributed by atoms with van der Waals surface area (Å²) in [5.74, 6) is 0.0666. The molecule has 2 aromatic carbocycles. The molecule has 2 aromatic rings. The van der Waals surface area contributed by atoms with E-state index in [1.54, 1.807) is 0 Å². The van der Waals surface area contributed by atoms with Crippen LogP contribution in [0.3, 0.4) is 0 Å². The van der Waals surface area contributed by atoms with Crippen LogP contribution in [0.15, 0.2) is 48.5 Å². The minimum absolute atomic E-state index is 0.147. The SMILES string of the molecule is Cc1ccc(OCC(=O)NNC(=O)CCN2CCN(c3ccccc3)CC2)c(C)c1. The Balaban J connectivity index is 1.30. The maximum atomic E-state index is 12.0. The number of rotatable bonds is 7. The zero-order valence-corrected chi connectivity index (χ0v) is 17.7. The zero-order chi connectivity index (χ0) is 21.3. The average Bonchev–Trinajstić information content (AvgIpc) is 2.76. The van der Waals surface area contributed by atoms with E-state index in [4.69, 9.17) is 4.74 Å². The van der Waals surface area contributed by atoms with Gasteiger partial charge >= 0.3 is 0 Å². The maximum Gasteiger partial charge on any atom is 0.276 e. The summed E-state index contributed by atoms with van der Waals surface area (Å²) in [5.41, 5.74) is 8.22. The third kappa shape index (κ3) is 6.49. The van der Waals surface area contributed by atoms with Gasteiger partial charge in [-0.1, -0.05) is 35.9 Å². The van der Waals surface area contributed by atoms with Crippen LogP contribution in [-0.2, 0) is 9.59 Å². The molecule has 1 aliphatic heterocycles. The van der Waals surface area contributed by atoms with Gasteiger partial charge in [-0.05, 0) is 37.6 Å². The number of amides is 2. The van der Waals surface area contributed by atoms with Gasteiger partial charge in [0.2, 0.25) is 5.91 Å². The van der Waals surface area contributed by atoms with Crippen LogP contribution in [0.2, 0.25) is 0 Å². The number of nitrogens with zero attached hydrogens (tertiary/aromatic N) is 2. The quantitative estimate of drug-likeness (QED) is 0.684. The van der Waals surface area contributed by atoms with Gasteiger partial charge in [-0.25, -0.2) is 0 Å². The third-order valence-corrected chi connectivity index (χ3v) is 5.18. The highest BCUT2D eigenvalue weighted by Crippen LogP contribution is 2.18. The molecule has 2 amide bonds. The van der Waals surface area contributed by atoms with E-state index in [1.807, 2.05) is 50.2 Å². The molecule has 0 unspecified atom stereocenters. The molecular formula is C23H30N4O3. The summed E-state index contributed by atoms with van der Waals surface area (Å²) in [6, 6.07) is 16.1. The molecule has 0 aromatic heterocycles. The molecule has 0 radical (unpaired) electrons. The molecule has 1 fully saturated rings. The molecule has 0 aliphatic carbocycles. The number of hydrazine groups is 1. The summed E-state index contributed by atoms with van der Waals surface area (Å²) in [5, 5.41) is 0. The number of piperazine rings is 1. The summed E-state index contributed by atoms with van der Waals surface area (Å²) in [4.78, 5) is 28.6. The number of aryl methyl sites for hydroxylation is 2. The van der Waals surface area contributed by atoms with E-state index in [-0.39, 0.29) is 18.4 Å². The molecule has 2 N–H and O–H groups in total. The highest BCUT2D eigenvalue weighted by atomic mass is 16.5. The summed E-state index contributed by atoms with van der Waals surface area (Å²) in [7, 11) is 0. The van der Waals surface area contributed by atoms with Crippen molar-refractivity contribution in [3.05, 3.63) is 59.7 Å². The molecule has 1 heterocycles. The van der Waals surface area contributed by atoms with E-state index in [0.29, 0.717) is 18.7 Å². The van der Waals surface area contributed by atoms with Gasteiger partial charge in [-0.3, -0.25) is 25.3 Å². The Kier molecular flexibility index (Phi) is 7.68. The number of para-hydroxylation sites is 1. The Morgan fingerprint density at radius 3 is 2.33 bits per heavy atom. The molecule has 0 saturated carbocycles. The standard InChI is InChI=1S/C23H30N4O3/c1-18-8-9-21(19(2)16-18)30-17-23(29)25-24-22(28)10-11-26-12-14-27(15-13-26)20-6-4-3-5-7-20/h3-9,16H,10-15,17H2,1-2H3,(H,24,28)(H,25,29). The fourth-order valence-electron chi connectivity index (χ4n) is 3.47. The Morgan fingerprint density at radius 1 is 0.933 bits per heavy atom. The molecular weight excluding hydrogens is 380 g/mol. The van der Waals surface area contributed by atoms with Crippen molar-refractivity contribution in [1.29, 1.82) is 0 Å². The molecule has 7 nitrogen and oxygen atoms in total.